The number of hydrogen-bond donors (Lipinski definition) is 0. The van der Waals surface area contributed by atoms with Gasteiger partial charge in [-0.1, -0.05) is 45.9 Å². The summed E-state index contributed by atoms with van der Waals surface area (Å²) in [5.41, 5.74) is 2.20. The quantitative estimate of drug-likeness (QED) is 0.514. The lowest BCUT2D eigenvalue weighted by molar-refractivity contribution is -0.383. The Hall–Kier alpha value is -2.70. The average Bonchev–Trinajstić information content (AvgIpc) is 2.65. The maximum absolute atomic E-state index is 12.1. The molecule has 0 N–H and O–H groups in total. The summed E-state index contributed by atoms with van der Waals surface area (Å²) in [6.07, 6.45) is 3.38. The van der Waals surface area contributed by atoms with E-state index >= 15 is 0 Å². The summed E-state index contributed by atoms with van der Waals surface area (Å²) in [4.78, 5) is 24.6. The third-order valence-electron chi connectivity index (χ3n) is 4.80. The maximum Gasteiger partial charge on any atom is 0.353 e. The van der Waals surface area contributed by atoms with Gasteiger partial charge in [0, 0.05) is 25.3 Å². The number of nitro groups is 1. The minimum absolute atomic E-state index is 0.000466. The van der Waals surface area contributed by atoms with Crippen LogP contribution in [0, 0.1) is 22.0 Å². The van der Waals surface area contributed by atoms with E-state index in [0.29, 0.717) is 43.1 Å². The summed E-state index contributed by atoms with van der Waals surface area (Å²) < 4.78 is 0. The first-order valence-electron chi connectivity index (χ1n) is 9.98. The molecule has 2 aromatic rings. The second-order valence-corrected chi connectivity index (χ2v) is 8.20. The van der Waals surface area contributed by atoms with Gasteiger partial charge in [0.2, 0.25) is 11.6 Å². The highest BCUT2D eigenvalue weighted by Gasteiger charge is 2.32. The summed E-state index contributed by atoms with van der Waals surface area (Å²) in [7, 11) is 0. The number of anilines is 3. The molecule has 0 fully saturated rings. The molecular weight excluding hydrogens is 354 g/mol. The van der Waals surface area contributed by atoms with Crippen LogP contribution in [0.15, 0.2) is 30.6 Å². The predicted molar refractivity (Wildman–Crippen MR) is 112 cm³/mol. The van der Waals surface area contributed by atoms with Gasteiger partial charge >= 0.3 is 5.69 Å². The van der Waals surface area contributed by atoms with Crippen LogP contribution in [0.3, 0.4) is 0 Å². The van der Waals surface area contributed by atoms with Crippen LogP contribution < -0.4 is 9.80 Å². The second-order valence-electron chi connectivity index (χ2n) is 8.20. The largest absolute Gasteiger partial charge is 0.353 e. The standard InChI is InChI=1S/C21H29N5O2/c1-15(2)12-24(13-16(3)4)20-19(26(27)28)21(23-14-22-20)25-11-7-9-17-8-5-6-10-18(17)25/h5-6,8,10,14-16H,7,9,11-13H2,1-4H3. The van der Waals surface area contributed by atoms with Crippen LogP contribution in [0.2, 0.25) is 0 Å². The number of fused-ring (bicyclic) bond motifs is 1. The highest BCUT2D eigenvalue weighted by atomic mass is 16.6. The van der Waals surface area contributed by atoms with E-state index in [4.69, 9.17) is 0 Å². The highest BCUT2D eigenvalue weighted by Crippen LogP contribution is 2.40. The van der Waals surface area contributed by atoms with Crippen LogP contribution in [0.5, 0.6) is 0 Å². The van der Waals surface area contributed by atoms with Gasteiger partial charge in [-0.15, -0.1) is 0 Å². The zero-order valence-electron chi connectivity index (χ0n) is 17.1. The van der Waals surface area contributed by atoms with Gasteiger partial charge in [-0.05, 0) is 36.3 Å². The third-order valence-corrected chi connectivity index (χ3v) is 4.80. The number of benzene rings is 1. The van der Waals surface area contributed by atoms with Gasteiger partial charge in [0.25, 0.3) is 0 Å². The minimum atomic E-state index is -0.324. The molecule has 0 atom stereocenters. The Labute approximate surface area is 166 Å². The van der Waals surface area contributed by atoms with Crippen molar-refractivity contribution >= 4 is 23.0 Å². The smallest absolute Gasteiger partial charge is 0.350 e. The van der Waals surface area contributed by atoms with Crippen LogP contribution in [-0.4, -0.2) is 34.5 Å². The molecule has 0 saturated heterocycles. The Morgan fingerprint density at radius 3 is 2.46 bits per heavy atom. The zero-order chi connectivity index (χ0) is 20.3. The fourth-order valence-electron chi connectivity index (χ4n) is 3.84. The number of hydrogen-bond acceptors (Lipinski definition) is 6. The van der Waals surface area contributed by atoms with E-state index in [2.05, 4.69) is 43.7 Å². The second kappa shape index (κ2) is 8.54. The molecule has 150 valence electrons. The summed E-state index contributed by atoms with van der Waals surface area (Å²) in [6.45, 7) is 10.6. The van der Waals surface area contributed by atoms with E-state index in [9.17, 15) is 10.1 Å². The van der Waals surface area contributed by atoms with Crippen molar-refractivity contribution in [2.45, 2.75) is 40.5 Å². The van der Waals surface area contributed by atoms with E-state index in [0.717, 1.165) is 18.5 Å². The van der Waals surface area contributed by atoms with Crippen molar-refractivity contribution in [1.29, 1.82) is 0 Å². The van der Waals surface area contributed by atoms with E-state index in [-0.39, 0.29) is 10.6 Å². The molecule has 0 aliphatic carbocycles. The Kier molecular flexibility index (Phi) is 6.11. The van der Waals surface area contributed by atoms with E-state index in [1.807, 2.05) is 28.0 Å². The third kappa shape index (κ3) is 4.24. The summed E-state index contributed by atoms with van der Waals surface area (Å²) in [5.74, 6) is 1.54. The molecule has 7 heteroatoms. The SMILES string of the molecule is CC(C)CN(CC(C)C)c1ncnc(N2CCCc3ccccc32)c1[N+](=O)[O-]. The summed E-state index contributed by atoms with van der Waals surface area (Å²) in [5, 5.41) is 12.1. The van der Waals surface area contributed by atoms with Crippen LogP contribution >= 0.6 is 0 Å². The topological polar surface area (TPSA) is 75.4 Å². The Morgan fingerprint density at radius 2 is 1.82 bits per heavy atom. The van der Waals surface area contributed by atoms with Gasteiger partial charge in [-0.25, -0.2) is 9.97 Å². The molecule has 2 heterocycles. The molecule has 0 saturated carbocycles. The van der Waals surface area contributed by atoms with E-state index in [1.165, 1.54) is 11.9 Å². The van der Waals surface area contributed by atoms with Crippen LogP contribution in [0.4, 0.5) is 23.0 Å². The Balaban J connectivity index is 2.11. The van der Waals surface area contributed by atoms with Gasteiger partial charge < -0.3 is 9.80 Å². The summed E-state index contributed by atoms with van der Waals surface area (Å²) in [6, 6.07) is 8.07. The fourth-order valence-corrected chi connectivity index (χ4v) is 3.84. The molecule has 1 aliphatic rings. The van der Waals surface area contributed by atoms with Gasteiger partial charge in [-0.2, -0.15) is 0 Å². The van der Waals surface area contributed by atoms with Crippen molar-refractivity contribution in [1.82, 2.24) is 9.97 Å². The van der Waals surface area contributed by atoms with Gasteiger partial charge in [0.1, 0.15) is 6.33 Å². The number of aryl methyl sites for hydroxylation is 1. The normalized spacial score (nSPS) is 13.7. The molecule has 28 heavy (non-hydrogen) atoms. The lowest BCUT2D eigenvalue weighted by atomic mass is 10.0. The molecular formula is C21H29N5O2. The monoisotopic (exact) mass is 383 g/mol. The van der Waals surface area contributed by atoms with Crippen LogP contribution in [0.1, 0.15) is 39.7 Å². The van der Waals surface area contributed by atoms with Crippen molar-refractivity contribution in [2.24, 2.45) is 11.8 Å². The van der Waals surface area contributed by atoms with Gasteiger partial charge in [0.05, 0.1) is 4.92 Å². The predicted octanol–water partition coefficient (Wildman–Crippen LogP) is 4.59. The highest BCUT2D eigenvalue weighted by molar-refractivity contribution is 5.77. The number of para-hydroxylation sites is 1. The molecule has 1 aromatic carbocycles. The molecule has 0 amide bonds. The summed E-state index contributed by atoms with van der Waals surface area (Å²) >= 11 is 0. The zero-order valence-corrected chi connectivity index (χ0v) is 17.1. The minimum Gasteiger partial charge on any atom is -0.350 e. The lowest BCUT2D eigenvalue weighted by Gasteiger charge is -2.31. The average molecular weight is 383 g/mol. The molecule has 0 radical (unpaired) electrons. The molecule has 7 nitrogen and oxygen atoms in total. The molecule has 0 spiro atoms. The van der Waals surface area contributed by atoms with Gasteiger partial charge in [0.15, 0.2) is 0 Å². The molecule has 0 unspecified atom stereocenters. The number of nitrogens with zero attached hydrogens (tertiary/aromatic N) is 5. The number of aromatic nitrogens is 2. The Morgan fingerprint density at radius 1 is 1.14 bits per heavy atom. The first-order valence-corrected chi connectivity index (χ1v) is 9.98. The molecule has 1 aromatic heterocycles. The van der Waals surface area contributed by atoms with Crippen molar-refractivity contribution in [2.75, 3.05) is 29.4 Å². The number of rotatable bonds is 7. The maximum atomic E-state index is 12.1. The lowest BCUT2D eigenvalue weighted by Crippen LogP contribution is -2.33. The molecule has 3 rings (SSSR count). The first kappa shape index (κ1) is 20.0. The van der Waals surface area contributed by atoms with E-state index < -0.39 is 0 Å². The van der Waals surface area contributed by atoms with E-state index in [1.54, 1.807) is 0 Å². The van der Waals surface area contributed by atoms with Crippen molar-refractivity contribution in [3.05, 3.63) is 46.3 Å². The fraction of sp³-hybridized carbons (Fsp3) is 0.524. The van der Waals surface area contributed by atoms with Crippen LogP contribution in [-0.2, 0) is 6.42 Å². The van der Waals surface area contributed by atoms with Crippen molar-refractivity contribution in [3.8, 4) is 0 Å². The first-order chi connectivity index (χ1) is 13.4. The molecule has 1 aliphatic heterocycles. The van der Waals surface area contributed by atoms with Crippen LogP contribution in [0.25, 0.3) is 0 Å². The van der Waals surface area contributed by atoms with Gasteiger partial charge in [-0.3, -0.25) is 10.1 Å². The molecule has 0 bridgehead atoms. The van der Waals surface area contributed by atoms with Crippen molar-refractivity contribution in [3.63, 3.8) is 0 Å². The van der Waals surface area contributed by atoms with Crippen molar-refractivity contribution < 1.29 is 4.92 Å². The Bertz CT molecular complexity index is 827.